The van der Waals surface area contributed by atoms with Crippen LogP contribution in [0.4, 0.5) is 0 Å². The molecule has 0 nitrogen and oxygen atoms in total. The zero-order chi connectivity index (χ0) is 22.4. The van der Waals surface area contributed by atoms with Gasteiger partial charge in [-0.2, -0.15) is 0 Å². The van der Waals surface area contributed by atoms with Crippen molar-refractivity contribution >= 4 is 33.4 Å². The molecule has 1 aliphatic carbocycles. The Labute approximate surface area is 209 Å². The fraction of sp³-hybridized carbons (Fsp3) is 0.125. The van der Waals surface area contributed by atoms with E-state index >= 15 is 0 Å². The van der Waals surface area contributed by atoms with E-state index in [-0.39, 0.29) is 0 Å². The molecular weight excluding hydrogens is 511 g/mol. The lowest BCUT2D eigenvalue weighted by Crippen LogP contribution is -1.98. The van der Waals surface area contributed by atoms with Crippen LogP contribution in [0.1, 0.15) is 34.7 Å². The molecule has 6 rings (SSSR count). The molecule has 0 N–H and O–H groups in total. The molecule has 0 spiro atoms. The summed E-state index contributed by atoms with van der Waals surface area (Å²) in [6, 6.07) is 36.2. The molecule has 0 aliphatic heterocycles. The Kier molecular flexibility index (Phi) is 5.30. The molecule has 0 saturated heterocycles. The molecule has 0 atom stereocenters. The highest BCUT2D eigenvalue weighted by Crippen LogP contribution is 2.41. The maximum atomic E-state index is 2.45. The van der Waals surface area contributed by atoms with E-state index < -0.39 is 0 Å². The van der Waals surface area contributed by atoms with E-state index in [9.17, 15) is 0 Å². The Morgan fingerprint density at radius 2 is 1.36 bits per heavy atom. The Morgan fingerprint density at radius 1 is 0.606 bits per heavy atom. The van der Waals surface area contributed by atoms with Gasteiger partial charge in [-0.05, 0) is 121 Å². The first kappa shape index (κ1) is 20.7. The normalized spacial score (nSPS) is 12.1. The van der Waals surface area contributed by atoms with Crippen LogP contribution >= 0.6 is 22.6 Å². The van der Waals surface area contributed by atoms with E-state index in [0.717, 1.165) is 19.3 Å². The second-order valence-corrected chi connectivity index (χ2v) is 10.2. The van der Waals surface area contributed by atoms with Gasteiger partial charge in [0.25, 0.3) is 0 Å². The molecule has 0 unspecified atom stereocenters. The number of hydrogen-bond donors (Lipinski definition) is 0. The van der Waals surface area contributed by atoms with Crippen LogP contribution in [0.25, 0.3) is 33.0 Å². The lowest BCUT2D eigenvalue weighted by molar-refractivity contribution is 1.14. The summed E-state index contributed by atoms with van der Waals surface area (Å²) in [5.41, 5.74) is 12.8. The number of benzene rings is 5. The second-order valence-electron chi connectivity index (χ2n) is 8.97. The molecule has 0 amide bonds. The van der Waals surface area contributed by atoms with Gasteiger partial charge in [0.05, 0.1) is 0 Å². The van der Waals surface area contributed by atoms with E-state index in [1.54, 1.807) is 0 Å². The van der Waals surface area contributed by atoms with Gasteiger partial charge in [-0.3, -0.25) is 0 Å². The first-order chi connectivity index (χ1) is 16.2. The van der Waals surface area contributed by atoms with Gasteiger partial charge in [-0.15, -0.1) is 0 Å². The van der Waals surface area contributed by atoms with Crippen LogP contribution in [0.5, 0.6) is 0 Å². The molecule has 0 saturated carbocycles. The fourth-order valence-electron chi connectivity index (χ4n) is 5.42. The van der Waals surface area contributed by atoms with Crippen LogP contribution in [-0.4, -0.2) is 0 Å². The lowest BCUT2D eigenvalue weighted by Gasteiger charge is -2.17. The van der Waals surface area contributed by atoms with Crippen LogP contribution in [0.15, 0.2) is 97.1 Å². The van der Waals surface area contributed by atoms with Gasteiger partial charge in [0, 0.05) is 3.57 Å². The van der Waals surface area contributed by atoms with Gasteiger partial charge in [0.1, 0.15) is 0 Å². The fourth-order valence-corrected chi connectivity index (χ4v) is 5.98. The van der Waals surface area contributed by atoms with Gasteiger partial charge in [-0.25, -0.2) is 0 Å². The summed E-state index contributed by atoms with van der Waals surface area (Å²) >= 11 is 2.45. The van der Waals surface area contributed by atoms with Crippen molar-refractivity contribution in [3.8, 4) is 22.3 Å². The maximum Gasteiger partial charge on any atom is 0.0133 e. The third-order valence-electron chi connectivity index (χ3n) is 7.00. The van der Waals surface area contributed by atoms with Crippen LogP contribution in [0, 0.1) is 3.57 Å². The highest BCUT2D eigenvalue weighted by Gasteiger charge is 2.21. The molecular formula is C32H25I. The Morgan fingerprint density at radius 3 is 2.21 bits per heavy atom. The minimum atomic E-state index is 0.944. The molecule has 0 aromatic heterocycles. The Bertz CT molecular complexity index is 1510. The van der Waals surface area contributed by atoms with Gasteiger partial charge in [0.15, 0.2) is 0 Å². The summed E-state index contributed by atoms with van der Waals surface area (Å²) in [7, 11) is 0. The largest absolute Gasteiger partial charge is 0.0619 e. The molecule has 1 aliphatic rings. The highest BCUT2D eigenvalue weighted by molar-refractivity contribution is 14.1. The standard InChI is InChI=1S/C32H25I/c1-2-21-16-22-8-3-4-9-23(22)20-31(21)29-15-14-28(33)19-27(29)18-26-12-7-11-25-17-24-10-5-6-13-30(24)32(25)26/h3-16,19-20H,2,17-18H2,1H3. The lowest BCUT2D eigenvalue weighted by atomic mass is 9.88. The average Bonchev–Trinajstić information content (AvgIpc) is 3.23. The molecule has 33 heavy (non-hydrogen) atoms. The predicted octanol–water partition coefficient (Wildman–Crippen LogP) is 8.84. The van der Waals surface area contributed by atoms with E-state index in [1.165, 1.54) is 64.4 Å². The smallest absolute Gasteiger partial charge is 0.0133 e. The van der Waals surface area contributed by atoms with Crippen molar-refractivity contribution in [2.24, 2.45) is 0 Å². The van der Waals surface area contributed by atoms with Gasteiger partial charge in [0.2, 0.25) is 0 Å². The van der Waals surface area contributed by atoms with E-state index in [2.05, 4.69) is 127 Å². The number of fused-ring (bicyclic) bond motifs is 4. The van der Waals surface area contributed by atoms with Crippen LogP contribution in [0.3, 0.4) is 0 Å². The van der Waals surface area contributed by atoms with Crippen LogP contribution in [0.2, 0.25) is 0 Å². The average molecular weight is 536 g/mol. The van der Waals surface area contributed by atoms with Gasteiger partial charge < -0.3 is 0 Å². The zero-order valence-corrected chi connectivity index (χ0v) is 20.9. The highest BCUT2D eigenvalue weighted by atomic mass is 127. The molecule has 160 valence electrons. The van der Waals surface area contributed by atoms with Crippen molar-refractivity contribution in [3.63, 3.8) is 0 Å². The van der Waals surface area contributed by atoms with E-state index in [1.807, 2.05) is 0 Å². The van der Waals surface area contributed by atoms with Crippen molar-refractivity contribution in [1.29, 1.82) is 0 Å². The number of halogens is 1. The molecule has 5 aromatic carbocycles. The Balaban J connectivity index is 1.51. The van der Waals surface area contributed by atoms with E-state index in [0.29, 0.717) is 0 Å². The third kappa shape index (κ3) is 3.69. The quantitative estimate of drug-likeness (QED) is 0.198. The monoisotopic (exact) mass is 536 g/mol. The molecule has 0 fully saturated rings. The summed E-state index contributed by atoms with van der Waals surface area (Å²) in [5.74, 6) is 0. The van der Waals surface area contributed by atoms with Crippen molar-refractivity contribution in [2.45, 2.75) is 26.2 Å². The van der Waals surface area contributed by atoms with Crippen molar-refractivity contribution in [1.82, 2.24) is 0 Å². The van der Waals surface area contributed by atoms with Crippen molar-refractivity contribution in [3.05, 3.63) is 128 Å². The SMILES string of the molecule is CCc1cc2ccccc2cc1-c1ccc(I)cc1Cc1cccc2c1-c1ccccc1C2. The minimum Gasteiger partial charge on any atom is -0.0619 e. The predicted molar refractivity (Wildman–Crippen MR) is 149 cm³/mol. The second kappa shape index (κ2) is 8.46. The number of hydrogen-bond acceptors (Lipinski definition) is 0. The first-order valence-electron chi connectivity index (χ1n) is 11.7. The Hall–Kier alpha value is -2.91. The van der Waals surface area contributed by atoms with Crippen molar-refractivity contribution < 1.29 is 0 Å². The third-order valence-corrected chi connectivity index (χ3v) is 7.67. The molecule has 0 heterocycles. The maximum absolute atomic E-state index is 2.45. The zero-order valence-electron chi connectivity index (χ0n) is 18.7. The number of rotatable bonds is 4. The van der Waals surface area contributed by atoms with Gasteiger partial charge in [-0.1, -0.05) is 85.8 Å². The summed E-state index contributed by atoms with van der Waals surface area (Å²) in [4.78, 5) is 0. The van der Waals surface area contributed by atoms with Gasteiger partial charge >= 0.3 is 0 Å². The summed E-state index contributed by atoms with van der Waals surface area (Å²) < 4.78 is 1.29. The molecule has 0 bridgehead atoms. The summed E-state index contributed by atoms with van der Waals surface area (Å²) in [6.45, 7) is 2.26. The molecule has 5 aromatic rings. The minimum absolute atomic E-state index is 0.944. The van der Waals surface area contributed by atoms with E-state index in [4.69, 9.17) is 0 Å². The topological polar surface area (TPSA) is 0 Å². The molecule has 0 radical (unpaired) electrons. The summed E-state index contributed by atoms with van der Waals surface area (Å²) in [6.07, 6.45) is 3.02. The molecule has 1 heteroatoms. The number of aryl methyl sites for hydroxylation is 1. The first-order valence-corrected chi connectivity index (χ1v) is 12.8. The summed E-state index contributed by atoms with van der Waals surface area (Å²) in [5, 5.41) is 2.63. The van der Waals surface area contributed by atoms with Crippen LogP contribution in [-0.2, 0) is 19.3 Å². The van der Waals surface area contributed by atoms with Crippen LogP contribution < -0.4 is 0 Å². The van der Waals surface area contributed by atoms with Crippen molar-refractivity contribution in [2.75, 3.05) is 0 Å².